The summed E-state index contributed by atoms with van der Waals surface area (Å²) in [6.07, 6.45) is -0.448. The maximum absolute atomic E-state index is 12.5. The van der Waals surface area contributed by atoms with Crippen LogP contribution in [0.25, 0.3) is 0 Å². The number of hydrogen-bond acceptors (Lipinski definition) is 6. The lowest BCUT2D eigenvalue weighted by molar-refractivity contribution is -0.149. The number of nitrogens with one attached hydrogen (secondary N) is 2. The van der Waals surface area contributed by atoms with Crippen molar-refractivity contribution in [3.8, 4) is 0 Å². The average Bonchev–Trinajstić information content (AvgIpc) is 2.77. The van der Waals surface area contributed by atoms with E-state index in [0.717, 1.165) is 11.1 Å². The Morgan fingerprint density at radius 1 is 0.844 bits per heavy atom. The van der Waals surface area contributed by atoms with Gasteiger partial charge in [-0.05, 0) is 23.5 Å². The number of hydrogen-bond donors (Lipinski definition) is 2. The van der Waals surface area contributed by atoms with E-state index in [9.17, 15) is 19.2 Å². The summed E-state index contributed by atoms with van der Waals surface area (Å²) in [4.78, 5) is 48.5. The number of rotatable bonds is 10. The molecule has 0 spiro atoms. The van der Waals surface area contributed by atoms with Gasteiger partial charge >= 0.3 is 12.1 Å². The first-order valence-corrected chi connectivity index (χ1v) is 10.3. The summed E-state index contributed by atoms with van der Waals surface area (Å²) in [6.45, 7) is 3.22. The van der Waals surface area contributed by atoms with Gasteiger partial charge in [0.2, 0.25) is 5.91 Å². The third-order valence-corrected chi connectivity index (χ3v) is 4.35. The highest BCUT2D eigenvalue weighted by molar-refractivity contribution is 5.99. The van der Waals surface area contributed by atoms with Gasteiger partial charge in [-0.2, -0.15) is 0 Å². The summed E-state index contributed by atoms with van der Waals surface area (Å²) in [6, 6.07) is 17.1. The Morgan fingerprint density at radius 2 is 1.44 bits per heavy atom. The van der Waals surface area contributed by atoms with Crippen LogP contribution < -0.4 is 10.6 Å². The largest absolute Gasteiger partial charge is 0.455 e. The van der Waals surface area contributed by atoms with E-state index < -0.39 is 36.5 Å². The molecule has 0 aliphatic rings. The second kappa shape index (κ2) is 12.9. The molecule has 2 N–H and O–H groups in total. The highest BCUT2D eigenvalue weighted by atomic mass is 16.5. The quantitative estimate of drug-likeness (QED) is 0.550. The van der Waals surface area contributed by atoms with Gasteiger partial charge in [0.1, 0.15) is 12.6 Å². The molecule has 0 radical (unpaired) electrons. The van der Waals surface area contributed by atoms with Crippen LogP contribution in [0.5, 0.6) is 0 Å². The third-order valence-electron chi connectivity index (χ3n) is 4.35. The van der Waals surface area contributed by atoms with Crippen molar-refractivity contribution in [1.29, 1.82) is 0 Å². The number of ether oxygens (including phenoxy) is 2. The molecule has 0 aliphatic carbocycles. The van der Waals surface area contributed by atoms with Crippen molar-refractivity contribution in [3.05, 3.63) is 71.8 Å². The minimum absolute atomic E-state index is 0.0207. The van der Waals surface area contributed by atoms with Crippen molar-refractivity contribution in [2.75, 3.05) is 6.61 Å². The first-order chi connectivity index (χ1) is 15.3. The Kier molecular flexibility index (Phi) is 9.90. The first kappa shape index (κ1) is 24.6. The van der Waals surface area contributed by atoms with E-state index in [4.69, 9.17) is 9.47 Å². The minimum Gasteiger partial charge on any atom is -0.455 e. The fourth-order valence-corrected chi connectivity index (χ4v) is 2.83. The number of alkyl carbamates (subject to hydrolysis) is 1. The highest BCUT2D eigenvalue weighted by Crippen LogP contribution is 2.07. The smallest absolute Gasteiger partial charge is 0.408 e. The maximum Gasteiger partial charge on any atom is 0.408 e. The summed E-state index contributed by atoms with van der Waals surface area (Å²) >= 11 is 0. The normalized spacial score (nSPS) is 11.3. The molecular weight excluding hydrogens is 412 g/mol. The van der Waals surface area contributed by atoms with Gasteiger partial charge in [0.05, 0.1) is 6.42 Å². The molecule has 0 fully saturated rings. The van der Waals surface area contributed by atoms with E-state index in [1.54, 1.807) is 24.3 Å². The lowest BCUT2D eigenvalue weighted by Crippen LogP contribution is -2.49. The van der Waals surface area contributed by atoms with Crippen molar-refractivity contribution in [1.82, 2.24) is 10.6 Å². The number of carbonyl (C=O) groups excluding carboxylic acids is 4. The summed E-state index contributed by atoms with van der Waals surface area (Å²) in [7, 11) is 0. The summed E-state index contributed by atoms with van der Waals surface area (Å²) in [5.41, 5.74) is 1.56. The Balaban J connectivity index is 1.80. The second-order valence-electron chi connectivity index (χ2n) is 7.62. The first-order valence-electron chi connectivity index (χ1n) is 10.3. The van der Waals surface area contributed by atoms with Gasteiger partial charge in [-0.1, -0.05) is 74.5 Å². The molecule has 2 rings (SSSR count). The van der Waals surface area contributed by atoms with Crippen LogP contribution >= 0.6 is 0 Å². The van der Waals surface area contributed by atoms with Crippen molar-refractivity contribution >= 4 is 23.9 Å². The third kappa shape index (κ3) is 9.42. The molecule has 170 valence electrons. The molecule has 0 aliphatic heterocycles. The van der Waals surface area contributed by atoms with Crippen LogP contribution in [0.15, 0.2) is 60.7 Å². The van der Waals surface area contributed by atoms with Crippen LogP contribution in [-0.4, -0.2) is 36.5 Å². The monoisotopic (exact) mass is 440 g/mol. The molecule has 8 nitrogen and oxygen atoms in total. The molecule has 8 heteroatoms. The minimum atomic E-state index is -0.970. The maximum atomic E-state index is 12.5. The van der Waals surface area contributed by atoms with E-state index in [0.29, 0.717) is 6.42 Å². The molecule has 2 aromatic carbocycles. The predicted octanol–water partition coefficient (Wildman–Crippen LogP) is 2.76. The van der Waals surface area contributed by atoms with Crippen molar-refractivity contribution in [2.24, 2.45) is 5.92 Å². The zero-order valence-electron chi connectivity index (χ0n) is 18.2. The lowest BCUT2D eigenvalue weighted by atomic mass is 10.0. The second-order valence-corrected chi connectivity index (χ2v) is 7.62. The molecule has 0 heterocycles. The van der Waals surface area contributed by atoms with Gasteiger partial charge in [0.25, 0.3) is 5.91 Å². The van der Waals surface area contributed by atoms with Gasteiger partial charge in [0, 0.05) is 0 Å². The predicted molar refractivity (Wildman–Crippen MR) is 117 cm³/mol. The van der Waals surface area contributed by atoms with E-state index in [-0.39, 0.29) is 18.9 Å². The van der Waals surface area contributed by atoms with Gasteiger partial charge in [-0.15, -0.1) is 0 Å². The van der Waals surface area contributed by atoms with Gasteiger partial charge in [0.15, 0.2) is 6.61 Å². The highest BCUT2D eigenvalue weighted by Gasteiger charge is 2.24. The Bertz CT molecular complexity index is 899. The number of amides is 3. The zero-order chi connectivity index (χ0) is 23.3. The van der Waals surface area contributed by atoms with Crippen molar-refractivity contribution in [3.63, 3.8) is 0 Å². The molecule has 0 saturated carbocycles. The zero-order valence-corrected chi connectivity index (χ0v) is 18.2. The van der Waals surface area contributed by atoms with Gasteiger partial charge in [-0.3, -0.25) is 19.7 Å². The van der Waals surface area contributed by atoms with Gasteiger partial charge < -0.3 is 14.8 Å². The molecule has 1 unspecified atom stereocenters. The number of esters is 1. The Hall–Kier alpha value is -3.68. The van der Waals surface area contributed by atoms with E-state index in [1.165, 1.54) is 0 Å². The van der Waals surface area contributed by atoms with Crippen LogP contribution in [0, 0.1) is 5.92 Å². The molecule has 32 heavy (non-hydrogen) atoms. The molecule has 0 aromatic heterocycles. The number of benzene rings is 2. The molecule has 0 bridgehead atoms. The van der Waals surface area contributed by atoms with E-state index >= 15 is 0 Å². The fourth-order valence-electron chi connectivity index (χ4n) is 2.83. The number of imide groups is 1. The Morgan fingerprint density at radius 3 is 2.03 bits per heavy atom. The SMILES string of the molecule is CC(C)CC(NC(=O)OCc1ccccc1)C(=O)NC(=O)COC(=O)Cc1ccccc1. The molecule has 3 amide bonds. The van der Waals surface area contributed by atoms with Crippen molar-refractivity contribution < 1.29 is 28.7 Å². The lowest BCUT2D eigenvalue weighted by Gasteiger charge is -2.19. The van der Waals surface area contributed by atoms with E-state index in [1.807, 2.05) is 50.2 Å². The summed E-state index contributed by atoms with van der Waals surface area (Å²) in [5, 5.41) is 4.65. The fraction of sp³-hybridized carbons (Fsp3) is 0.333. The van der Waals surface area contributed by atoms with Crippen LogP contribution in [0.4, 0.5) is 4.79 Å². The molecule has 1 atom stereocenters. The summed E-state index contributed by atoms with van der Waals surface area (Å²) < 4.78 is 10.1. The molecule has 2 aromatic rings. The van der Waals surface area contributed by atoms with Crippen LogP contribution in [0.3, 0.4) is 0 Å². The Labute approximate surface area is 187 Å². The van der Waals surface area contributed by atoms with Crippen LogP contribution in [-0.2, 0) is 36.9 Å². The van der Waals surface area contributed by atoms with Crippen LogP contribution in [0.1, 0.15) is 31.4 Å². The average molecular weight is 440 g/mol. The topological polar surface area (TPSA) is 111 Å². The summed E-state index contributed by atoms with van der Waals surface area (Å²) in [5.74, 6) is -1.98. The van der Waals surface area contributed by atoms with Crippen LogP contribution in [0.2, 0.25) is 0 Å². The van der Waals surface area contributed by atoms with Gasteiger partial charge in [-0.25, -0.2) is 4.79 Å². The molecular formula is C24H28N2O6. The number of carbonyl (C=O) groups is 4. The molecule has 0 saturated heterocycles. The van der Waals surface area contributed by atoms with Crippen molar-refractivity contribution in [2.45, 2.75) is 39.3 Å². The van der Waals surface area contributed by atoms with E-state index in [2.05, 4.69) is 10.6 Å². The standard InChI is InChI=1S/C24H28N2O6/c1-17(2)13-20(25-24(30)32-15-19-11-7-4-8-12-19)23(29)26-21(27)16-31-22(28)14-18-9-5-3-6-10-18/h3-12,17,20H,13-16H2,1-2H3,(H,25,30)(H,26,27,29).